The standard InChI is InChI=1S/C113H144N2/c1-11-19-27-33-35-41-77-111(78-42-36-34-28-20-12-2)101-83-109-105(112(93-63-51-89(52-64-93)45-37-29-21-13-3,94-65-53-90(54-66-94)46-38-30-22-14-4)103-79-85(9)49-75-107(103)114(109)97-71-59-87(60-72-97)43-25-17-7)81-99(101)100-82-106-110(84-102(100)111)115(98-73-61-88(62-74-98)44-26-18-8)108-76-50-86(10)80-104(108)113(106,95-67-55-91(56-68-95)47-39-31-23-15-5)96-69-57-92(58-70-96)48-40-32-24-16-6/h49-76,79-84H,11-48,77-78H2,1-10H3. The molecule has 0 spiro atoms. The zero-order valence-corrected chi connectivity index (χ0v) is 73.3. The molecule has 0 N–H and O–H groups in total. The van der Waals surface area contributed by atoms with Crippen LogP contribution >= 0.6 is 0 Å². The highest BCUT2D eigenvalue weighted by Crippen LogP contribution is 2.66. The van der Waals surface area contributed by atoms with Gasteiger partial charge in [0.1, 0.15) is 0 Å². The van der Waals surface area contributed by atoms with Crippen LogP contribution in [0.1, 0.15) is 374 Å². The average molecular weight is 1530 g/mol. The third-order valence-corrected chi connectivity index (χ3v) is 27.2. The van der Waals surface area contributed by atoms with Crippen molar-refractivity contribution in [2.75, 3.05) is 9.80 Å². The molecule has 115 heavy (non-hydrogen) atoms. The molecule has 0 amide bonds. The second-order valence-electron chi connectivity index (χ2n) is 35.7. The minimum Gasteiger partial charge on any atom is -0.310 e. The van der Waals surface area contributed by atoms with Gasteiger partial charge in [-0.15, -0.1) is 0 Å². The number of hydrogen-bond donors (Lipinski definition) is 0. The van der Waals surface area contributed by atoms with Crippen LogP contribution in [-0.2, 0) is 54.8 Å². The van der Waals surface area contributed by atoms with Gasteiger partial charge in [-0.2, -0.15) is 0 Å². The Bertz CT molecular complexity index is 4250. The third-order valence-electron chi connectivity index (χ3n) is 27.2. The Hall–Kier alpha value is -8.20. The molecular formula is C113H144N2. The molecule has 0 saturated heterocycles. The van der Waals surface area contributed by atoms with Gasteiger partial charge in [0.2, 0.25) is 0 Å². The van der Waals surface area contributed by atoms with E-state index in [-0.39, 0.29) is 5.41 Å². The Kier molecular flexibility index (Phi) is 30.4. The van der Waals surface area contributed by atoms with Gasteiger partial charge in [-0.1, -0.05) is 379 Å². The summed E-state index contributed by atoms with van der Waals surface area (Å²) in [6, 6.07) is 87.4. The summed E-state index contributed by atoms with van der Waals surface area (Å²) in [5.74, 6) is 0. The smallest absolute Gasteiger partial charge is 0.0742 e. The summed E-state index contributed by atoms with van der Waals surface area (Å²) in [4.78, 5) is 5.53. The van der Waals surface area contributed by atoms with Gasteiger partial charge in [0.25, 0.3) is 0 Å². The Morgan fingerprint density at radius 3 is 0.739 bits per heavy atom. The van der Waals surface area contributed by atoms with Crippen molar-refractivity contribution < 1.29 is 0 Å². The van der Waals surface area contributed by atoms with Gasteiger partial charge >= 0.3 is 0 Å². The predicted molar refractivity (Wildman–Crippen MR) is 500 cm³/mol. The van der Waals surface area contributed by atoms with Crippen LogP contribution in [0.25, 0.3) is 11.1 Å². The van der Waals surface area contributed by atoms with E-state index >= 15 is 0 Å². The minimum absolute atomic E-state index is 0.306. The number of nitrogens with zero attached hydrogens (tertiary/aromatic N) is 2. The molecule has 0 atom stereocenters. The normalized spacial score (nSPS) is 14.0. The van der Waals surface area contributed by atoms with Gasteiger partial charge in [-0.3, -0.25) is 0 Å². The Balaban J connectivity index is 1.18. The molecule has 0 bridgehead atoms. The number of hydrogen-bond acceptors (Lipinski definition) is 2. The van der Waals surface area contributed by atoms with Crippen molar-refractivity contribution in [1.82, 2.24) is 0 Å². The number of benzene rings is 10. The van der Waals surface area contributed by atoms with Crippen molar-refractivity contribution in [3.05, 3.63) is 306 Å². The summed E-state index contributed by atoms with van der Waals surface area (Å²) in [5.41, 5.74) is 34.0. The van der Waals surface area contributed by atoms with Crippen LogP contribution in [0.2, 0.25) is 0 Å². The summed E-state index contributed by atoms with van der Waals surface area (Å²) in [7, 11) is 0. The first-order valence-corrected chi connectivity index (χ1v) is 47.3. The molecule has 2 heterocycles. The van der Waals surface area contributed by atoms with Crippen LogP contribution in [0.4, 0.5) is 34.1 Å². The number of rotatable bonds is 46. The number of anilines is 6. The molecule has 13 rings (SSSR count). The van der Waals surface area contributed by atoms with Crippen molar-refractivity contribution in [3.8, 4) is 11.1 Å². The van der Waals surface area contributed by atoms with Crippen LogP contribution in [-0.4, -0.2) is 0 Å². The van der Waals surface area contributed by atoms with Crippen molar-refractivity contribution in [2.24, 2.45) is 0 Å². The fraction of sp³-hybridized carbons (Fsp3) is 0.469. The first-order chi connectivity index (χ1) is 56.5. The first-order valence-electron chi connectivity index (χ1n) is 47.3. The van der Waals surface area contributed by atoms with Crippen LogP contribution in [0.15, 0.2) is 206 Å². The average Bonchev–Trinajstić information content (AvgIpc) is 1.64. The number of aryl methyl sites for hydroxylation is 8. The largest absolute Gasteiger partial charge is 0.310 e. The lowest BCUT2D eigenvalue weighted by Gasteiger charge is -2.47. The zero-order valence-electron chi connectivity index (χ0n) is 73.3. The van der Waals surface area contributed by atoms with Gasteiger partial charge in [0.15, 0.2) is 0 Å². The molecule has 2 aliphatic heterocycles. The van der Waals surface area contributed by atoms with E-state index < -0.39 is 10.8 Å². The number of fused-ring (bicyclic) bond motifs is 7. The fourth-order valence-corrected chi connectivity index (χ4v) is 20.7. The highest BCUT2D eigenvalue weighted by Gasteiger charge is 2.54. The summed E-state index contributed by atoms with van der Waals surface area (Å²) >= 11 is 0. The zero-order chi connectivity index (χ0) is 80.0. The monoisotopic (exact) mass is 1530 g/mol. The van der Waals surface area contributed by atoms with E-state index in [9.17, 15) is 0 Å². The summed E-state index contributed by atoms with van der Waals surface area (Å²) in [6.07, 6.45) is 48.7. The quantitative estimate of drug-likeness (QED) is 0.0351. The molecule has 1 aliphatic carbocycles. The molecular weight excluding hydrogens is 1390 g/mol. The molecule has 10 aromatic carbocycles. The topological polar surface area (TPSA) is 6.48 Å². The van der Waals surface area contributed by atoms with E-state index in [0.717, 1.165) is 51.4 Å². The molecule has 2 heteroatoms. The predicted octanol–water partition coefficient (Wildman–Crippen LogP) is 33.6. The lowest BCUT2D eigenvalue weighted by Crippen LogP contribution is -2.38. The van der Waals surface area contributed by atoms with Crippen LogP contribution in [0, 0.1) is 13.8 Å². The van der Waals surface area contributed by atoms with Crippen molar-refractivity contribution in [1.29, 1.82) is 0 Å². The van der Waals surface area contributed by atoms with Gasteiger partial charge in [-0.05, 0) is 265 Å². The van der Waals surface area contributed by atoms with Crippen molar-refractivity contribution in [2.45, 2.75) is 342 Å². The second-order valence-corrected chi connectivity index (χ2v) is 35.7. The van der Waals surface area contributed by atoms with E-state index in [2.05, 4.69) is 285 Å². The van der Waals surface area contributed by atoms with Crippen LogP contribution in [0.5, 0.6) is 0 Å². The van der Waals surface area contributed by atoms with E-state index in [1.807, 2.05) is 0 Å². The Labute approximate surface area is 699 Å². The Morgan fingerprint density at radius 1 is 0.209 bits per heavy atom. The second kappa shape index (κ2) is 41.3. The fourth-order valence-electron chi connectivity index (χ4n) is 20.7. The maximum atomic E-state index is 2.88. The highest BCUT2D eigenvalue weighted by molar-refractivity contribution is 5.98. The first kappa shape index (κ1) is 84.7. The maximum Gasteiger partial charge on any atom is 0.0742 e. The summed E-state index contributed by atoms with van der Waals surface area (Å²) < 4.78 is 0. The van der Waals surface area contributed by atoms with E-state index in [4.69, 9.17) is 0 Å². The molecule has 3 aliphatic rings. The molecule has 0 saturated carbocycles. The van der Waals surface area contributed by atoms with Gasteiger partial charge in [-0.25, -0.2) is 0 Å². The molecule has 606 valence electrons. The lowest BCUT2D eigenvalue weighted by atomic mass is 9.61. The highest BCUT2D eigenvalue weighted by atomic mass is 15.2. The van der Waals surface area contributed by atoms with Crippen molar-refractivity contribution >= 4 is 34.1 Å². The maximum absolute atomic E-state index is 2.88. The summed E-state index contributed by atoms with van der Waals surface area (Å²) in [6.45, 7) is 23.5. The van der Waals surface area contributed by atoms with Gasteiger partial charge in [0, 0.05) is 16.8 Å². The summed E-state index contributed by atoms with van der Waals surface area (Å²) in [5, 5.41) is 0. The van der Waals surface area contributed by atoms with Crippen LogP contribution < -0.4 is 9.80 Å². The van der Waals surface area contributed by atoms with Gasteiger partial charge < -0.3 is 9.80 Å². The van der Waals surface area contributed by atoms with E-state index in [1.165, 1.54) is 351 Å². The molecule has 2 nitrogen and oxygen atoms in total. The molecule has 0 unspecified atom stereocenters. The molecule has 0 aromatic heterocycles. The van der Waals surface area contributed by atoms with E-state index in [0.29, 0.717) is 0 Å². The minimum atomic E-state index is -0.709. The molecule has 10 aromatic rings. The van der Waals surface area contributed by atoms with Crippen LogP contribution in [0.3, 0.4) is 0 Å². The van der Waals surface area contributed by atoms with E-state index in [1.54, 1.807) is 0 Å². The SMILES string of the molecule is CCCCCCCCC1(CCCCCCCC)c2cc3c(cc2-c2cc4c(cc21)N(c1ccc(CCCC)cc1)c1ccc(C)cc1C4(c1ccc(CCCCCC)cc1)c1ccc(CCCCCC)cc1)C(c1ccc(CCCCCC)cc1)(c1ccc(CCCCCC)cc1)c1cc(C)ccc1N3c1ccc(CCCC)cc1. The molecule has 0 fully saturated rings. The third kappa shape index (κ3) is 18.6. The lowest BCUT2D eigenvalue weighted by molar-refractivity contribution is 0.397. The number of unbranched alkanes of at least 4 members (excludes halogenated alkanes) is 24. The van der Waals surface area contributed by atoms with Crippen molar-refractivity contribution in [3.63, 3.8) is 0 Å². The Morgan fingerprint density at radius 2 is 0.452 bits per heavy atom. The molecule has 0 radical (unpaired) electrons. The van der Waals surface area contributed by atoms with Gasteiger partial charge in [0.05, 0.1) is 33.6 Å².